The predicted molar refractivity (Wildman–Crippen MR) is 204 cm³/mol. The van der Waals surface area contributed by atoms with Crippen LogP contribution in [0, 0.1) is 33.8 Å². The predicted octanol–water partition coefficient (Wildman–Crippen LogP) is 7.23. The second-order valence-electron chi connectivity index (χ2n) is 14.5. The van der Waals surface area contributed by atoms with Gasteiger partial charge in [-0.25, -0.2) is 9.88 Å². The molecular weight excluding hydrogens is 822 g/mol. The fourth-order valence-electron chi connectivity index (χ4n) is 9.26. The van der Waals surface area contributed by atoms with Crippen LogP contribution in [0.3, 0.4) is 0 Å². The number of phenolic OH excluding ortho intramolecular Hbond substituents is 1. The number of anilines is 2. The van der Waals surface area contributed by atoms with Crippen molar-refractivity contribution in [3.63, 3.8) is 0 Å². The fraction of sp³-hybridized carbons (Fsp3) is 0.275. The highest BCUT2D eigenvalue weighted by Crippen LogP contribution is 2.66. The molecule has 4 amide bonds. The number of allylic oxidation sites excluding steroid dienone is 2. The smallest absolute Gasteiger partial charge is 0.417 e. The summed E-state index contributed by atoms with van der Waals surface area (Å²) in [6.45, 7) is 0. The molecule has 0 unspecified atom stereocenters. The molecule has 0 radical (unpaired) electrons. The van der Waals surface area contributed by atoms with E-state index in [0.29, 0.717) is 22.8 Å². The van der Waals surface area contributed by atoms with E-state index in [-0.39, 0.29) is 51.9 Å². The third-order valence-electron chi connectivity index (χ3n) is 11.7. The maximum atomic E-state index is 15.5. The van der Waals surface area contributed by atoms with E-state index >= 15 is 4.79 Å². The third kappa shape index (κ3) is 6.04. The number of ether oxygens (including phenoxy) is 2. The lowest BCUT2D eigenvalue weighted by atomic mass is 9.49. The van der Waals surface area contributed by atoms with Gasteiger partial charge in [-0.05, 0) is 48.6 Å². The summed E-state index contributed by atoms with van der Waals surface area (Å²) in [5.74, 6) is -9.50. The Morgan fingerprint density at radius 1 is 0.966 bits per heavy atom. The number of amides is 4. The summed E-state index contributed by atoms with van der Waals surface area (Å²) >= 11 is 12.6. The average Bonchev–Trinajstić information content (AvgIpc) is 3.58. The number of alkyl halides is 3. The fourth-order valence-corrected chi connectivity index (χ4v) is 9.60. The van der Waals surface area contributed by atoms with Gasteiger partial charge in [-0.3, -0.25) is 34.7 Å². The van der Waals surface area contributed by atoms with Gasteiger partial charge in [0.1, 0.15) is 17.2 Å². The van der Waals surface area contributed by atoms with E-state index in [1.807, 2.05) is 0 Å². The first-order chi connectivity index (χ1) is 28.0. The number of benzene rings is 3. The van der Waals surface area contributed by atoms with Gasteiger partial charge < -0.3 is 14.6 Å². The molecule has 4 aliphatic rings. The highest BCUT2D eigenvalue weighted by Gasteiger charge is 2.71. The molecule has 2 N–H and O–H groups in total. The summed E-state index contributed by atoms with van der Waals surface area (Å²) < 4.78 is 51.8. The third-order valence-corrected chi connectivity index (χ3v) is 12.2. The minimum absolute atomic E-state index is 0.0223. The van der Waals surface area contributed by atoms with Gasteiger partial charge in [-0.15, -0.1) is 0 Å². The highest BCUT2D eigenvalue weighted by molar-refractivity contribution is 6.33. The average molecular weight is 853 g/mol. The SMILES string of the molecule is COc1cc(O)c([C@H]2C3=CC[C@@H]4C(=O)N(c5cccc([N+](=O)[O-])c5)C(=O)[C@@H]4[C@@H]3C[C@H]3C(=O)N(Nc4ncc(C(F)(F)F)cc4Cl)C(=O)[C@@]23c2ccc(Cl)cc2)c(OC)c1. The maximum Gasteiger partial charge on any atom is 0.417 e. The van der Waals surface area contributed by atoms with E-state index in [9.17, 15) is 42.8 Å². The number of nitrogens with one attached hydrogen (secondary N) is 1. The molecule has 2 aliphatic carbocycles. The van der Waals surface area contributed by atoms with Crippen LogP contribution in [-0.2, 0) is 30.8 Å². The number of methoxy groups -OCH3 is 2. The number of hydrogen-bond donors (Lipinski definition) is 2. The van der Waals surface area contributed by atoms with Gasteiger partial charge in [0, 0.05) is 47.0 Å². The van der Waals surface area contributed by atoms with Crippen molar-refractivity contribution in [2.75, 3.05) is 24.5 Å². The lowest BCUT2D eigenvalue weighted by Gasteiger charge is -2.50. The molecule has 0 spiro atoms. The number of halogens is 5. The van der Waals surface area contributed by atoms with Crippen LogP contribution in [0.15, 0.2) is 84.6 Å². The lowest BCUT2D eigenvalue weighted by Crippen LogP contribution is -2.53. The van der Waals surface area contributed by atoms with Crippen molar-refractivity contribution in [2.24, 2.45) is 23.7 Å². The van der Waals surface area contributed by atoms with Crippen LogP contribution in [0.2, 0.25) is 10.0 Å². The Bertz CT molecular complexity index is 2520. The van der Waals surface area contributed by atoms with Crippen LogP contribution >= 0.6 is 23.2 Å². The van der Waals surface area contributed by atoms with Crippen molar-refractivity contribution in [3.05, 3.63) is 121 Å². The van der Waals surface area contributed by atoms with Crippen LogP contribution in [-0.4, -0.2) is 57.9 Å². The molecule has 2 aliphatic heterocycles. The number of nitro benzene ring substituents is 1. The Kier molecular flexibility index (Phi) is 9.58. The molecule has 19 heteroatoms. The van der Waals surface area contributed by atoms with Gasteiger partial charge in [0.2, 0.25) is 11.8 Å². The molecule has 8 rings (SSSR count). The maximum absolute atomic E-state index is 15.5. The van der Waals surface area contributed by atoms with Gasteiger partial charge in [0.25, 0.3) is 17.5 Å². The topological polar surface area (TPSA) is 182 Å². The van der Waals surface area contributed by atoms with Crippen LogP contribution in [0.4, 0.5) is 30.4 Å². The summed E-state index contributed by atoms with van der Waals surface area (Å²) in [5.41, 5.74) is -0.296. The minimum Gasteiger partial charge on any atom is -0.507 e. The Labute approximate surface area is 342 Å². The second-order valence-corrected chi connectivity index (χ2v) is 15.3. The van der Waals surface area contributed by atoms with Gasteiger partial charge in [0.15, 0.2) is 5.82 Å². The summed E-state index contributed by atoms with van der Waals surface area (Å²) in [6.07, 6.45) is -2.86. The molecule has 0 bridgehead atoms. The normalized spacial score (nSPS) is 25.0. The first-order valence-electron chi connectivity index (χ1n) is 17.9. The number of phenols is 1. The zero-order chi connectivity index (χ0) is 42.3. The van der Waals surface area contributed by atoms with E-state index in [1.54, 1.807) is 6.08 Å². The van der Waals surface area contributed by atoms with Crippen molar-refractivity contribution in [1.82, 2.24) is 9.99 Å². The number of fused-ring (bicyclic) bond motifs is 4. The molecule has 59 heavy (non-hydrogen) atoms. The van der Waals surface area contributed by atoms with E-state index in [2.05, 4.69) is 10.4 Å². The molecule has 14 nitrogen and oxygen atoms in total. The number of hydrazine groups is 1. The highest BCUT2D eigenvalue weighted by atomic mass is 35.5. The van der Waals surface area contributed by atoms with Gasteiger partial charge >= 0.3 is 6.18 Å². The Morgan fingerprint density at radius 2 is 1.69 bits per heavy atom. The van der Waals surface area contributed by atoms with E-state index in [1.165, 1.54) is 68.8 Å². The number of carbonyl (C=O) groups excluding carboxylic acids is 4. The zero-order valence-corrected chi connectivity index (χ0v) is 32.2. The summed E-state index contributed by atoms with van der Waals surface area (Å²) in [5, 5.41) is 23.9. The lowest BCUT2D eigenvalue weighted by molar-refractivity contribution is -0.384. The summed E-state index contributed by atoms with van der Waals surface area (Å²) in [4.78, 5) is 74.8. The monoisotopic (exact) mass is 851 g/mol. The Hall–Kier alpha value is -6.20. The Balaban J connectivity index is 1.34. The van der Waals surface area contributed by atoms with Gasteiger partial charge in [0.05, 0.1) is 58.6 Å². The molecule has 1 aromatic heterocycles. The molecule has 3 heterocycles. The van der Waals surface area contributed by atoms with Crippen LogP contribution in [0.5, 0.6) is 17.2 Å². The van der Waals surface area contributed by atoms with Crippen molar-refractivity contribution >= 4 is 64.0 Å². The number of imide groups is 2. The van der Waals surface area contributed by atoms with Gasteiger partial charge in [-0.2, -0.15) is 18.2 Å². The van der Waals surface area contributed by atoms with Crippen molar-refractivity contribution < 1.29 is 51.9 Å². The van der Waals surface area contributed by atoms with E-state index < -0.39 is 91.9 Å². The number of aromatic nitrogens is 1. The largest absolute Gasteiger partial charge is 0.507 e. The number of rotatable bonds is 8. The van der Waals surface area contributed by atoms with Crippen LogP contribution in [0.25, 0.3) is 0 Å². The Morgan fingerprint density at radius 3 is 2.34 bits per heavy atom. The van der Waals surface area contributed by atoms with Crippen LogP contribution in [0.1, 0.15) is 35.4 Å². The number of nitro groups is 1. The van der Waals surface area contributed by atoms with Crippen molar-refractivity contribution in [1.29, 1.82) is 0 Å². The molecule has 304 valence electrons. The number of hydrogen-bond acceptors (Lipinski definition) is 11. The van der Waals surface area contributed by atoms with E-state index in [0.717, 1.165) is 11.0 Å². The summed E-state index contributed by atoms with van der Waals surface area (Å²) in [7, 11) is 2.68. The minimum atomic E-state index is -4.81. The van der Waals surface area contributed by atoms with Crippen molar-refractivity contribution in [2.45, 2.75) is 30.4 Å². The zero-order valence-electron chi connectivity index (χ0n) is 30.7. The molecule has 3 aromatic carbocycles. The number of pyridine rings is 1. The quantitative estimate of drug-likeness (QED) is 0.0790. The molecule has 3 fully saturated rings. The first kappa shape index (κ1) is 39.6. The standard InChI is InChI=1S/C40H30Cl2F3N5O9/c1-58-23-14-29(51)32(30(15-23)59-2)33-24-10-11-25-31(37(54)48(35(25)52)21-4-3-5-22(13-21)50(56)57)26(24)16-27-36(53)49(38(55)39(27,33)18-6-8-20(41)9-7-18)47-34-28(42)12-19(17-46-34)40(43,44)45/h3-10,12-15,17,25-27,31,33,51H,11,16H2,1-2H3,(H,46,47)/t25-,26+,27-,31-,33+,39+/m0/s1. The number of non-ortho nitro benzene ring substituents is 1. The molecular formula is C40H30Cl2F3N5O9. The second kappa shape index (κ2) is 14.3. The first-order valence-corrected chi connectivity index (χ1v) is 18.7. The molecule has 4 aromatic rings. The van der Waals surface area contributed by atoms with Crippen LogP contribution < -0.4 is 19.8 Å². The number of carbonyl (C=O) groups is 4. The van der Waals surface area contributed by atoms with E-state index in [4.69, 9.17) is 32.7 Å². The molecule has 6 atom stereocenters. The van der Waals surface area contributed by atoms with Gasteiger partial charge in [-0.1, -0.05) is 53.1 Å². The number of nitrogens with zero attached hydrogens (tertiary/aromatic N) is 4. The number of aromatic hydroxyl groups is 1. The molecule has 1 saturated carbocycles. The molecule has 2 saturated heterocycles. The van der Waals surface area contributed by atoms with Crippen molar-refractivity contribution in [3.8, 4) is 17.2 Å². The summed E-state index contributed by atoms with van der Waals surface area (Å²) in [6, 6.07) is 14.5.